The number of H-pyrrole nitrogens is 1. The molecule has 1 aromatic heterocycles. The van der Waals surface area contributed by atoms with Gasteiger partial charge in [-0.15, -0.1) is 0 Å². The van der Waals surface area contributed by atoms with E-state index in [1.54, 1.807) is 19.1 Å². The summed E-state index contributed by atoms with van der Waals surface area (Å²) in [4.78, 5) is 61.1. The van der Waals surface area contributed by atoms with Crippen molar-refractivity contribution in [2.45, 2.75) is 90.0 Å². The number of ether oxygens (including phenoxy) is 1. The van der Waals surface area contributed by atoms with Crippen molar-refractivity contribution in [3.8, 4) is 0 Å². The fraction of sp³-hybridized carbons (Fsp3) is 0.550. The molecular formula is C40H52F4N6O5. The summed E-state index contributed by atoms with van der Waals surface area (Å²) >= 11 is 0. The summed E-state index contributed by atoms with van der Waals surface area (Å²) in [5, 5.41) is 11.8. The predicted octanol–water partition coefficient (Wildman–Crippen LogP) is 4.42. The van der Waals surface area contributed by atoms with Crippen LogP contribution in [-0.2, 0) is 49.4 Å². The molecule has 0 spiro atoms. The van der Waals surface area contributed by atoms with E-state index < -0.39 is 64.7 Å². The largest absolute Gasteiger partial charge is 0.418 e. The summed E-state index contributed by atoms with van der Waals surface area (Å²) in [5.74, 6) is -3.64. The maximum absolute atomic E-state index is 14.7. The molecule has 4 amide bonds. The van der Waals surface area contributed by atoms with E-state index >= 15 is 0 Å². The van der Waals surface area contributed by atoms with Crippen LogP contribution in [0.15, 0.2) is 42.5 Å². The van der Waals surface area contributed by atoms with Gasteiger partial charge in [-0.1, -0.05) is 70.9 Å². The average molecular weight is 773 g/mol. The quantitative estimate of drug-likeness (QED) is 0.145. The normalized spacial score (nSPS) is 19.8. The number of rotatable bonds is 15. The molecule has 0 bridgehead atoms. The topological polar surface area (TPSA) is 145 Å². The van der Waals surface area contributed by atoms with Gasteiger partial charge in [0.1, 0.15) is 23.4 Å². The molecular weight excluding hydrogens is 720 g/mol. The number of para-hydroxylation sites is 1. The number of aryl methyl sites for hydroxylation is 1. The number of nitrogens with zero attached hydrogens (tertiary/aromatic N) is 1. The van der Waals surface area contributed by atoms with Gasteiger partial charge in [-0.25, -0.2) is 4.39 Å². The van der Waals surface area contributed by atoms with Crippen molar-refractivity contribution in [1.29, 1.82) is 0 Å². The Morgan fingerprint density at radius 2 is 1.60 bits per heavy atom. The molecule has 2 aromatic carbocycles. The van der Waals surface area contributed by atoms with Gasteiger partial charge in [-0.05, 0) is 47.9 Å². The number of benzene rings is 2. The van der Waals surface area contributed by atoms with Crippen molar-refractivity contribution >= 4 is 34.5 Å². The van der Waals surface area contributed by atoms with E-state index in [1.807, 2.05) is 20.8 Å². The monoisotopic (exact) mass is 772 g/mol. The van der Waals surface area contributed by atoms with Crippen molar-refractivity contribution in [1.82, 2.24) is 31.2 Å². The van der Waals surface area contributed by atoms with Crippen LogP contribution in [0, 0.1) is 17.7 Å². The molecule has 1 aliphatic heterocycles. The minimum atomic E-state index is -4.64. The van der Waals surface area contributed by atoms with E-state index in [1.165, 1.54) is 24.3 Å². The molecule has 2 aliphatic rings. The first kappa shape index (κ1) is 41.7. The number of carbonyl (C=O) groups is 4. The molecule has 5 atom stereocenters. The third kappa shape index (κ3) is 9.85. The van der Waals surface area contributed by atoms with Gasteiger partial charge in [0, 0.05) is 43.7 Å². The molecule has 1 fully saturated rings. The number of morpholine rings is 1. The van der Waals surface area contributed by atoms with Gasteiger partial charge in [-0.3, -0.25) is 24.1 Å². The van der Waals surface area contributed by atoms with Crippen molar-refractivity contribution < 1.29 is 41.5 Å². The maximum Gasteiger partial charge on any atom is 0.418 e. The summed E-state index contributed by atoms with van der Waals surface area (Å²) < 4.78 is 62.0. The highest BCUT2D eigenvalue weighted by molar-refractivity contribution is 5.99. The molecule has 2 heterocycles. The lowest BCUT2D eigenvalue weighted by Crippen LogP contribution is -2.67. The number of aromatic amines is 1. The van der Waals surface area contributed by atoms with Gasteiger partial charge >= 0.3 is 6.18 Å². The second-order valence-corrected chi connectivity index (χ2v) is 14.8. The van der Waals surface area contributed by atoms with Crippen molar-refractivity contribution in [3.63, 3.8) is 0 Å². The zero-order valence-electron chi connectivity index (χ0n) is 31.8. The summed E-state index contributed by atoms with van der Waals surface area (Å²) in [7, 11) is 0. The first-order chi connectivity index (χ1) is 26.2. The number of carbonyl (C=O) groups excluding carboxylic acids is 4. The van der Waals surface area contributed by atoms with Crippen molar-refractivity contribution in [3.05, 3.63) is 70.7 Å². The summed E-state index contributed by atoms with van der Waals surface area (Å²) in [5.41, 5.74) is -1.57. The molecule has 11 nitrogen and oxygen atoms in total. The Kier molecular flexibility index (Phi) is 13.6. The number of halogens is 4. The van der Waals surface area contributed by atoms with Crippen molar-refractivity contribution in [2.75, 3.05) is 39.4 Å². The molecule has 55 heavy (non-hydrogen) atoms. The molecule has 2 unspecified atom stereocenters. The minimum absolute atomic E-state index is 0.00593. The Morgan fingerprint density at radius 1 is 0.927 bits per heavy atom. The smallest absolute Gasteiger partial charge is 0.379 e. The third-order valence-corrected chi connectivity index (χ3v) is 11.1. The fourth-order valence-electron chi connectivity index (χ4n) is 7.37. The van der Waals surface area contributed by atoms with Crippen LogP contribution in [0.1, 0.15) is 69.3 Å². The average Bonchev–Trinajstić information content (AvgIpc) is 3.53. The van der Waals surface area contributed by atoms with Gasteiger partial charge in [0.25, 0.3) is 0 Å². The van der Waals surface area contributed by atoms with Gasteiger partial charge in [-0.2, -0.15) is 13.2 Å². The molecule has 15 heteroatoms. The number of hydrogen-bond acceptors (Lipinski definition) is 6. The Balaban J connectivity index is 1.45. The highest BCUT2D eigenvalue weighted by Gasteiger charge is 2.47. The Hall–Kier alpha value is -4.50. The SMILES string of the molecule is CCC(C)[C@H](NC(=O)Cc1ccccc1F)C(=O)N[C@]1(C(=O)N[C@H](C(=O)NCCN2CCOCC2)C(C)CC)CCc2[nH]c3c(C(F)(F)F)cccc3c2C1. The molecule has 300 valence electrons. The molecule has 1 saturated heterocycles. The number of fused-ring (bicyclic) bond motifs is 3. The van der Waals surface area contributed by atoms with E-state index in [9.17, 15) is 36.7 Å². The highest BCUT2D eigenvalue weighted by atomic mass is 19.4. The summed E-state index contributed by atoms with van der Waals surface area (Å²) in [6.45, 7) is 11.0. The lowest BCUT2D eigenvalue weighted by molar-refractivity contribution is -0.139. The molecule has 5 rings (SSSR count). The van der Waals surface area contributed by atoms with Crippen LogP contribution in [0.2, 0.25) is 0 Å². The van der Waals surface area contributed by atoms with E-state index in [0.717, 1.165) is 19.2 Å². The van der Waals surface area contributed by atoms with Crippen LogP contribution < -0.4 is 21.3 Å². The molecule has 0 radical (unpaired) electrons. The van der Waals surface area contributed by atoms with E-state index in [-0.39, 0.29) is 48.1 Å². The van der Waals surface area contributed by atoms with E-state index in [4.69, 9.17) is 4.74 Å². The number of alkyl halides is 3. The van der Waals surface area contributed by atoms with Crippen LogP contribution in [-0.4, -0.2) is 90.5 Å². The maximum atomic E-state index is 14.7. The Bertz CT molecular complexity index is 1840. The zero-order chi connectivity index (χ0) is 39.9. The first-order valence-electron chi connectivity index (χ1n) is 19.1. The first-order valence-corrected chi connectivity index (χ1v) is 19.1. The summed E-state index contributed by atoms with van der Waals surface area (Å²) in [6.07, 6.45) is -4.03. The lowest BCUT2D eigenvalue weighted by Gasteiger charge is -2.39. The molecule has 3 aromatic rings. The molecule has 5 N–H and O–H groups in total. The van der Waals surface area contributed by atoms with Gasteiger partial charge in [0.2, 0.25) is 23.6 Å². The second-order valence-electron chi connectivity index (χ2n) is 14.8. The Labute approximate surface area is 318 Å². The van der Waals surface area contributed by atoms with Gasteiger partial charge < -0.3 is 31.0 Å². The standard InChI is InChI=1S/C40H52F4N6O5/c1-5-24(3)33(36(52)45-16-17-50-18-20-55-21-19-50)48-38(54)39(15-14-31-28(23-39)27-11-9-12-29(35(27)46-31)40(42,43)44)49-37(53)34(25(4)6-2)47-32(51)22-26-10-7-8-13-30(26)41/h7-13,24-25,33-34,46H,5-6,14-23H2,1-4H3,(H,45,52)(H,47,51)(H,48,54)(H,49,53)/t24?,25?,33-,34-,39+/m0/s1. The second kappa shape index (κ2) is 18.0. The minimum Gasteiger partial charge on any atom is -0.379 e. The van der Waals surface area contributed by atoms with Gasteiger partial charge in [0.15, 0.2) is 0 Å². The van der Waals surface area contributed by atoms with E-state index in [2.05, 4.69) is 31.2 Å². The van der Waals surface area contributed by atoms with Crippen molar-refractivity contribution in [2.24, 2.45) is 11.8 Å². The number of nitrogens with one attached hydrogen (secondary N) is 5. The number of hydrogen-bond donors (Lipinski definition) is 5. The fourth-order valence-corrected chi connectivity index (χ4v) is 7.37. The van der Waals surface area contributed by atoms with Gasteiger partial charge in [0.05, 0.1) is 30.7 Å². The number of aromatic nitrogens is 1. The summed E-state index contributed by atoms with van der Waals surface area (Å²) in [6, 6.07) is 7.54. The predicted molar refractivity (Wildman–Crippen MR) is 199 cm³/mol. The van der Waals surface area contributed by atoms with Crippen LogP contribution in [0.3, 0.4) is 0 Å². The Morgan fingerprint density at radius 3 is 2.25 bits per heavy atom. The zero-order valence-corrected chi connectivity index (χ0v) is 31.8. The van der Waals surface area contributed by atoms with Crippen LogP contribution in [0.5, 0.6) is 0 Å². The third-order valence-electron chi connectivity index (χ3n) is 11.1. The molecule has 1 aliphatic carbocycles. The molecule has 0 saturated carbocycles. The highest BCUT2D eigenvalue weighted by Crippen LogP contribution is 2.40. The van der Waals surface area contributed by atoms with Crippen LogP contribution >= 0.6 is 0 Å². The van der Waals surface area contributed by atoms with E-state index in [0.29, 0.717) is 50.4 Å². The number of amides is 4. The van der Waals surface area contributed by atoms with Crippen LogP contribution in [0.4, 0.5) is 17.6 Å². The van der Waals surface area contributed by atoms with Crippen LogP contribution in [0.25, 0.3) is 10.9 Å². The lowest BCUT2D eigenvalue weighted by atomic mass is 9.78.